The molecule has 1 aliphatic heterocycles. The second kappa shape index (κ2) is 6.02. The van der Waals surface area contributed by atoms with E-state index in [1.54, 1.807) is 6.20 Å². The molecule has 5 nitrogen and oxygen atoms in total. The van der Waals surface area contributed by atoms with Crippen LogP contribution in [0.15, 0.2) is 18.3 Å². The number of nitrogens with one attached hydrogen (secondary N) is 1. The molecule has 1 saturated heterocycles. The number of likely N-dealkylation sites (tertiary alicyclic amines) is 1. The van der Waals surface area contributed by atoms with Crippen molar-refractivity contribution in [2.75, 3.05) is 39.1 Å². The van der Waals surface area contributed by atoms with Crippen molar-refractivity contribution in [1.82, 2.24) is 15.2 Å². The minimum atomic E-state index is 0.0931. The van der Waals surface area contributed by atoms with Crippen molar-refractivity contribution in [2.45, 2.75) is 18.9 Å². The molecule has 2 heterocycles. The van der Waals surface area contributed by atoms with E-state index in [0.29, 0.717) is 11.6 Å². The van der Waals surface area contributed by atoms with Gasteiger partial charge in [0.25, 0.3) is 5.91 Å². The summed E-state index contributed by atoms with van der Waals surface area (Å²) in [5.41, 5.74) is 0.675. The zero-order valence-corrected chi connectivity index (χ0v) is 11.9. The molecule has 5 heteroatoms. The van der Waals surface area contributed by atoms with E-state index in [1.165, 1.54) is 0 Å². The highest BCUT2D eigenvalue weighted by atomic mass is 16.2. The quantitative estimate of drug-likeness (QED) is 0.878. The number of hydrogen-bond acceptors (Lipinski definition) is 4. The summed E-state index contributed by atoms with van der Waals surface area (Å²) in [7, 11) is 5.80. The number of carbonyl (C=O) groups is 1. The largest absolute Gasteiger partial charge is 0.363 e. The Morgan fingerprint density at radius 1 is 1.53 bits per heavy atom. The van der Waals surface area contributed by atoms with Crippen molar-refractivity contribution >= 4 is 11.7 Å². The highest BCUT2D eigenvalue weighted by Crippen LogP contribution is 2.20. The van der Waals surface area contributed by atoms with Crippen LogP contribution in [0.4, 0.5) is 5.82 Å². The lowest BCUT2D eigenvalue weighted by atomic mass is 10.2. The number of aromatic nitrogens is 1. The Morgan fingerprint density at radius 2 is 2.32 bits per heavy atom. The summed E-state index contributed by atoms with van der Waals surface area (Å²) >= 11 is 0. The van der Waals surface area contributed by atoms with E-state index in [2.05, 4.69) is 10.3 Å². The van der Waals surface area contributed by atoms with Crippen LogP contribution in [-0.2, 0) is 0 Å². The van der Waals surface area contributed by atoms with Gasteiger partial charge < -0.3 is 15.1 Å². The van der Waals surface area contributed by atoms with E-state index in [1.807, 2.05) is 43.1 Å². The maximum atomic E-state index is 12.5. The number of pyridine rings is 1. The maximum Gasteiger partial charge on any atom is 0.255 e. The van der Waals surface area contributed by atoms with Crippen LogP contribution in [0, 0.1) is 0 Å². The molecule has 2 rings (SSSR count). The Balaban J connectivity index is 2.10. The summed E-state index contributed by atoms with van der Waals surface area (Å²) in [5.74, 6) is 0.959. The molecule has 1 aliphatic rings. The number of carbonyl (C=O) groups excluding carboxylic acids is 1. The van der Waals surface area contributed by atoms with Crippen LogP contribution in [0.5, 0.6) is 0 Å². The van der Waals surface area contributed by atoms with Crippen molar-refractivity contribution in [2.24, 2.45) is 0 Å². The molecule has 1 amide bonds. The zero-order chi connectivity index (χ0) is 13.8. The lowest BCUT2D eigenvalue weighted by molar-refractivity contribution is 0.0736. The third-order valence-corrected chi connectivity index (χ3v) is 3.53. The fourth-order valence-corrected chi connectivity index (χ4v) is 2.49. The summed E-state index contributed by atoms with van der Waals surface area (Å²) in [5, 5.41) is 3.15. The summed E-state index contributed by atoms with van der Waals surface area (Å²) in [6.07, 6.45) is 3.84. The highest BCUT2D eigenvalue weighted by Gasteiger charge is 2.28. The van der Waals surface area contributed by atoms with Gasteiger partial charge in [-0.2, -0.15) is 0 Å². The molecule has 0 aliphatic carbocycles. The number of nitrogens with zero attached hydrogens (tertiary/aromatic N) is 3. The minimum absolute atomic E-state index is 0.0931. The van der Waals surface area contributed by atoms with Crippen molar-refractivity contribution in [3.63, 3.8) is 0 Å². The van der Waals surface area contributed by atoms with Crippen LogP contribution in [0.2, 0.25) is 0 Å². The maximum absolute atomic E-state index is 12.5. The average Bonchev–Trinajstić information content (AvgIpc) is 2.87. The minimum Gasteiger partial charge on any atom is -0.363 e. The third-order valence-electron chi connectivity index (χ3n) is 3.53. The Kier molecular flexibility index (Phi) is 4.37. The molecule has 1 N–H and O–H groups in total. The molecule has 1 aromatic heterocycles. The second-order valence-corrected chi connectivity index (χ2v) is 5.15. The first-order valence-corrected chi connectivity index (χ1v) is 6.72. The smallest absolute Gasteiger partial charge is 0.255 e. The zero-order valence-electron chi connectivity index (χ0n) is 11.9. The first-order valence-electron chi connectivity index (χ1n) is 6.72. The van der Waals surface area contributed by atoms with Gasteiger partial charge in [0, 0.05) is 39.4 Å². The standard InChI is InChI=1S/C14H22N4O/c1-15-10-12-5-4-8-18(12)14(19)11-6-7-13(16-9-11)17(2)3/h6-7,9,12,15H,4-5,8,10H2,1-3H3. The van der Waals surface area contributed by atoms with Gasteiger partial charge in [0.15, 0.2) is 0 Å². The molecule has 19 heavy (non-hydrogen) atoms. The lowest BCUT2D eigenvalue weighted by Gasteiger charge is -2.24. The molecule has 0 spiro atoms. The monoisotopic (exact) mass is 262 g/mol. The van der Waals surface area contributed by atoms with Crippen molar-refractivity contribution < 1.29 is 4.79 Å². The number of rotatable bonds is 4. The van der Waals surface area contributed by atoms with E-state index >= 15 is 0 Å². The predicted molar refractivity (Wildman–Crippen MR) is 76.5 cm³/mol. The van der Waals surface area contributed by atoms with Crippen LogP contribution in [0.25, 0.3) is 0 Å². The average molecular weight is 262 g/mol. The van der Waals surface area contributed by atoms with Crippen LogP contribution >= 0.6 is 0 Å². The van der Waals surface area contributed by atoms with E-state index in [4.69, 9.17) is 0 Å². The van der Waals surface area contributed by atoms with Crippen LogP contribution in [0.3, 0.4) is 0 Å². The molecule has 0 radical (unpaired) electrons. The van der Waals surface area contributed by atoms with Gasteiger partial charge in [0.1, 0.15) is 5.82 Å². The lowest BCUT2D eigenvalue weighted by Crippen LogP contribution is -2.40. The van der Waals surface area contributed by atoms with E-state index in [-0.39, 0.29) is 5.91 Å². The van der Waals surface area contributed by atoms with Gasteiger partial charge in [0.2, 0.25) is 0 Å². The van der Waals surface area contributed by atoms with Gasteiger partial charge in [-0.1, -0.05) is 0 Å². The Labute approximate surface area is 114 Å². The number of hydrogen-bond donors (Lipinski definition) is 1. The molecule has 0 aromatic carbocycles. The molecule has 1 atom stereocenters. The Bertz CT molecular complexity index is 430. The highest BCUT2D eigenvalue weighted by molar-refractivity contribution is 5.94. The van der Waals surface area contributed by atoms with Crippen LogP contribution in [0.1, 0.15) is 23.2 Å². The summed E-state index contributed by atoms with van der Waals surface area (Å²) in [4.78, 5) is 20.6. The molecular weight excluding hydrogens is 240 g/mol. The van der Waals surface area contributed by atoms with Crippen LogP contribution < -0.4 is 10.2 Å². The number of anilines is 1. The first-order chi connectivity index (χ1) is 9.13. The topological polar surface area (TPSA) is 48.5 Å². The summed E-state index contributed by atoms with van der Waals surface area (Å²) in [6.45, 7) is 1.70. The molecule has 1 unspecified atom stereocenters. The molecule has 1 fully saturated rings. The molecule has 104 valence electrons. The van der Waals surface area contributed by atoms with E-state index in [9.17, 15) is 4.79 Å². The summed E-state index contributed by atoms with van der Waals surface area (Å²) < 4.78 is 0. The first kappa shape index (κ1) is 13.8. The predicted octanol–water partition coefficient (Wildman–Crippen LogP) is 0.972. The fraction of sp³-hybridized carbons (Fsp3) is 0.571. The van der Waals surface area contributed by atoms with E-state index < -0.39 is 0 Å². The number of likely N-dealkylation sites (N-methyl/N-ethyl adjacent to an activating group) is 1. The normalized spacial score (nSPS) is 18.7. The Hall–Kier alpha value is -1.62. The van der Waals surface area contributed by atoms with Gasteiger partial charge in [-0.15, -0.1) is 0 Å². The van der Waals surface area contributed by atoms with Gasteiger partial charge in [-0.05, 0) is 32.0 Å². The Morgan fingerprint density at radius 3 is 2.89 bits per heavy atom. The summed E-state index contributed by atoms with van der Waals surface area (Å²) in [6, 6.07) is 4.06. The van der Waals surface area contributed by atoms with E-state index in [0.717, 1.165) is 31.7 Å². The second-order valence-electron chi connectivity index (χ2n) is 5.15. The third kappa shape index (κ3) is 3.04. The molecule has 1 aromatic rings. The van der Waals surface area contributed by atoms with Crippen LogP contribution in [-0.4, -0.2) is 56.1 Å². The SMILES string of the molecule is CNCC1CCCN1C(=O)c1ccc(N(C)C)nc1. The fourth-order valence-electron chi connectivity index (χ4n) is 2.49. The molecular formula is C14H22N4O. The molecule has 0 bridgehead atoms. The van der Waals surface area contributed by atoms with Crippen molar-refractivity contribution in [3.05, 3.63) is 23.9 Å². The molecule has 0 saturated carbocycles. The van der Waals surface area contributed by atoms with Gasteiger partial charge in [-0.3, -0.25) is 4.79 Å². The number of amides is 1. The van der Waals surface area contributed by atoms with Gasteiger partial charge in [-0.25, -0.2) is 4.98 Å². The van der Waals surface area contributed by atoms with Crippen molar-refractivity contribution in [1.29, 1.82) is 0 Å². The van der Waals surface area contributed by atoms with Gasteiger partial charge >= 0.3 is 0 Å². The van der Waals surface area contributed by atoms with Crippen molar-refractivity contribution in [3.8, 4) is 0 Å². The van der Waals surface area contributed by atoms with Gasteiger partial charge in [0.05, 0.1) is 5.56 Å².